The van der Waals surface area contributed by atoms with Gasteiger partial charge >= 0.3 is 0 Å². The highest BCUT2D eigenvalue weighted by molar-refractivity contribution is 5.37. The van der Waals surface area contributed by atoms with Gasteiger partial charge < -0.3 is 14.6 Å². The minimum atomic E-state index is -1.18. The van der Waals surface area contributed by atoms with Crippen molar-refractivity contribution in [3.05, 3.63) is 71.8 Å². The molecule has 1 N–H and O–H groups in total. The van der Waals surface area contributed by atoms with Gasteiger partial charge in [-0.15, -0.1) is 0 Å². The lowest BCUT2D eigenvalue weighted by Gasteiger charge is -2.33. The van der Waals surface area contributed by atoms with Gasteiger partial charge in [0.2, 0.25) is 0 Å². The van der Waals surface area contributed by atoms with Crippen LogP contribution in [-0.4, -0.2) is 24.6 Å². The summed E-state index contributed by atoms with van der Waals surface area (Å²) in [5, 5.41) is 11.2. The van der Waals surface area contributed by atoms with Crippen LogP contribution in [0.2, 0.25) is 0 Å². The van der Waals surface area contributed by atoms with Gasteiger partial charge in [0.25, 0.3) is 0 Å². The number of rotatable bonds is 3. The first-order valence-corrected chi connectivity index (χ1v) is 6.34. The van der Waals surface area contributed by atoms with E-state index in [1.165, 1.54) is 0 Å². The third-order valence-corrected chi connectivity index (χ3v) is 3.52. The minimum absolute atomic E-state index is 0.229. The van der Waals surface area contributed by atoms with Gasteiger partial charge in [0.1, 0.15) is 18.5 Å². The zero-order chi connectivity index (χ0) is 13.1. The van der Waals surface area contributed by atoms with Gasteiger partial charge in [-0.25, -0.2) is 0 Å². The van der Waals surface area contributed by atoms with Crippen LogP contribution in [0.3, 0.4) is 0 Å². The van der Waals surface area contributed by atoms with Gasteiger partial charge in [-0.2, -0.15) is 0 Å². The van der Waals surface area contributed by atoms with Gasteiger partial charge in [-0.3, -0.25) is 0 Å². The molecule has 3 nitrogen and oxygen atoms in total. The Morgan fingerprint density at radius 1 is 0.895 bits per heavy atom. The third-order valence-electron chi connectivity index (χ3n) is 3.52. The molecule has 0 spiro atoms. The van der Waals surface area contributed by atoms with Crippen molar-refractivity contribution in [1.29, 1.82) is 0 Å². The Morgan fingerprint density at radius 2 is 1.42 bits per heavy atom. The normalized spacial score (nSPS) is 19.5. The lowest BCUT2D eigenvalue weighted by atomic mass is 9.82. The van der Waals surface area contributed by atoms with Crippen molar-refractivity contribution in [2.24, 2.45) is 0 Å². The molecule has 1 heterocycles. The first-order valence-electron chi connectivity index (χ1n) is 6.34. The quantitative estimate of drug-likeness (QED) is 0.915. The van der Waals surface area contributed by atoms with Crippen LogP contribution in [0.1, 0.15) is 11.1 Å². The van der Waals surface area contributed by atoms with Crippen LogP contribution in [-0.2, 0) is 15.1 Å². The Bertz CT molecular complexity index is 479. The van der Waals surface area contributed by atoms with Crippen LogP contribution < -0.4 is 0 Å². The van der Waals surface area contributed by atoms with Crippen LogP contribution in [0.25, 0.3) is 0 Å². The number of hydrogen-bond donors (Lipinski definition) is 1. The van der Waals surface area contributed by atoms with Crippen molar-refractivity contribution in [3.63, 3.8) is 0 Å². The highest BCUT2D eigenvalue weighted by Crippen LogP contribution is 2.36. The van der Waals surface area contributed by atoms with Crippen molar-refractivity contribution >= 4 is 0 Å². The first-order chi connectivity index (χ1) is 9.32. The fraction of sp³-hybridized carbons (Fsp3) is 0.250. The molecule has 98 valence electrons. The SMILES string of the molecule is OC(c1ccccc1)(c1ccccc1)C1COCO1. The van der Waals surface area contributed by atoms with E-state index in [0.29, 0.717) is 6.61 Å². The second-order valence-corrected chi connectivity index (χ2v) is 4.64. The van der Waals surface area contributed by atoms with Crippen molar-refractivity contribution in [2.45, 2.75) is 11.7 Å². The molecule has 0 amide bonds. The van der Waals surface area contributed by atoms with E-state index in [9.17, 15) is 5.11 Å². The molecule has 1 aliphatic heterocycles. The Hall–Kier alpha value is -1.68. The molecule has 1 atom stereocenters. The fourth-order valence-electron chi connectivity index (χ4n) is 2.50. The van der Waals surface area contributed by atoms with Crippen molar-refractivity contribution in [3.8, 4) is 0 Å². The van der Waals surface area contributed by atoms with E-state index in [-0.39, 0.29) is 6.79 Å². The summed E-state index contributed by atoms with van der Waals surface area (Å²) < 4.78 is 10.8. The van der Waals surface area contributed by atoms with E-state index in [4.69, 9.17) is 9.47 Å². The van der Waals surface area contributed by atoms with Crippen LogP contribution in [0.4, 0.5) is 0 Å². The van der Waals surface area contributed by atoms with Gasteiger partial charge in [0, 0.05) is 0 Å². The van der Waals surface area contributed by atoms with E-state index >= 15 is 0 Å². The largest absolute Gasteiger partial charge is 0.378 e. The number of hydrogen-bond acceptors (Lipinski definition) is 3. The molecule has 2 aromatic rings. The molecule has 0 bridgehead atoms. The summed E-state index contributed by atoms with van der Waals surface area (Å²) in [5.41, 5.74) is 0.451. The summed E-state index contributed by atoms with van der Waals surface area (Å²) in [5.74, 6) is 0. The van der Waals surface area contributed by atoms with Crippen molar-refractivity contribution in [1.82, 2.24) is 0 Å². The molecular formula is C16H16O3. The minimum Gasteiger partial charge on any atom is -0.378 e. The number of benzene rings is 2. The van der Waals surface area contributed by atoms with Crippen LogP contribution >= 0.6 is 0 Å². The second-order valence-electron chi connectivity index (χ2n) is 4.64. The molecular weight excluding hydrogens is 240 g/mol. The molecule has 0 radical (unpaired) electrons. The van der Waals surface area contributed by atoms with Gasteiger partial charge in [0.15, 0.2) is 0 Å². The van der Waals surface area contributed by atoms with Gasteiger partial charge in [0.05, 0.1) is 6.61 Å². The van der Waals surface area contributed by atoms with Crippen molar-refractivity contribution < 1.29 is 14.6 Å². The highest BCUT2D eigenvalue weighted by Gasteiger charge is 2.43. The zero-order valence-electron chi connectivity index (χ0n) is 10.5. The van der Waals surface area contributed by atoms with E-state index in [2.05, 4.69) is 0 Å². The summed E-state index contributed by atoms with van der Waals surface area (Å²) in [6.45, 7) is 0.618. The number of aliphatic hydroxyl groups is 1. The predicted molar refractivity (Wildman–Crippen MR) is 71.6 cm³/mol. The summed E-state index contributed by atoms with van der Waals surface area (Å²) in [7, 11) is 0. The molecule has 3 heteroatoms. The monoisotopic (exact) mass is 256 g/mol. The molecule has 0 saturated carbocycles. The molecule has 1 fully saturated rings. The second kappa shape index (κ2) is 5.13. The molecule has 3 rings (SSSR count). The van der Waals surface area contributed by atoms with Crippen LogP contribution in [0.5, 0.6) is 0 Å². The Kier molecular flexibility index (Phi) is 3.34. The van der Waals surface area contributed by atoms with E-state index in [1.54, 1.807) is 0 Å². The van der Waals surface area contributed by atoms with E-state index in [0.717, 1.165) is 11.1 Å². The highest BCUT2D eigenvalue weighted by atomic mass is 16.7. The van der Waals surface area contributed by atoms with Crippen LogP contribution in [0.15, 0.2) is 60.7 Å². The summed E-state index contributed by atoms with van der Waals surface area (Å²) >= 11 is 0. The summed E-state index contributed by atoms with van der Waals surface area (Å²) in [4.78, 5) is 0. The van der Waals surface area contributed by atoms with Gasteiger partial charge in [-0.05, 0) is 11.1 Å². The predicted octanol–water partition coefficient (Wildman–Crippen LogP) is 2.30. The fourth-order valence-corrected chi connectivity index (χ4v) is 2.50. The topological polar surface area (TPSA) is 38.7 Å². The van der Waals surface area contributed by atoms with Crippen LogP contribution in [0, 0.1) is 0 Å². The lowest BCUT2D eigenvalue weighted by Crippen LogP contribution is -2.42. The number of ether oxygens (including phenoxy) is 2. The molecule has 19 heavy (non-hydrogen) atoms. The molecule has 2 aromatic carbocycles. The molecule has 0 aliphatic carbocycles. The molecule has 1 aliphatic rings. The molecule has 0 aromatic heterocycles. The third kappa shape index (κ3) is 2.16. The van der Waals surface area contributed by atoms with Crippen molar-refractivity contribution in [2.75, 3.05) is 13.4 Å². The Labute approximate surface area is 112 Å². The van der Waals surface area contributed by atoms with E-state index < -0.39 is 11.7 Å². The lowest BCUT2D eigenvalue weighted by molar-refractivity contribution is -0.0611. The summed E-state index contributed by atoms with van der Waals surface area (Å²) in [6.07, 6.45) is -0.391. The van der Waals surface area contributed by atoms with Gasteiger partial charge in [-0.1, -0.05) is 60.7 Å². The summed E-state index contributed by atoms with van der Waals surface area (Å²) in [6, 6.07) is 19.2. The standard InChI is InChI=1S/C16H16O3/c17-16(15-11-18-12-19-15,13-7-3-1-4-8-13)14-9-5-2-6-10-14/h1-10,15,17H,11-12H2. The molecule has 1 unspecified atom stereocenters. The Balaban J connectivity index is 2.10. The zero-order valence-corrected chi connectivity index (χ0v) is 10.5. The first kappa shape index (κ1) is 12.4. The average molecular weight is 256 g/mol. The smallest absolute Gasteiger partial charge is 0.147 e. The van der Waals surface area contributed by atoms with E-state index in [1.807, 2.05) is 60.7 Å². The maximum Gasteiger partial charge on any atom is 0.147 e. The molecule has 1 saturated heterocycles. The maximum atomic E-state index is 11.2. The maximum absolute atomic E-state index is 11.2. The average Bonchev–Trinajstić information content (AvgIpc) is 3.03. The Morgan fingerprint density at radius 3 is 1.84 bits per heavy atom.